The maximum atomic E-state index is 8.81. The molecule has 0 aliphatic carbocycles. The predicted octanol–water partition coefficient (Wildman–Crippen LogP) is 2.07. The summed E-state index contributed by atoms with van der Waals surface area (Å²) in [7, 11) is 1.45. The molecule has 5 nitrogen and oxygen atoms in total. The van der Waals surface area contributed by atoms with E-state index in [1.54, 1.807) is 24.3 Å². The van der Waals surface area contributed by atoms with Crippen LogP contribution in [0.5, 0.6) is 6.01 Å². The van der Waals surface area contributed by atoms with Gasteiger partial charge in [0.2, 0.25) is 5.28 Å². The Morgan fingerprint density at radius 1 is 1.29 bits per heavy atom. The maximum Gasteiger partial charge on any atom is 0.321 e. The molecule has 1 heterocycles. The van der Waals surface area contributed by atoms with Crippen molar-refractivity contribution in [3.05, 3.63) is 35.1 Å². The zero-order valence-electron chi connectivity index (χ0n) is 8.88. The minimum atomic E-state index is 0.0502. The van der Waals surface area contributed by atoms with E-state index >= 15 is 0 Å². The van der Waals surface area contributed by atoms with Gasteiger partial charge in [-0.2, -0.15) is 20.2 Å². The summed E-state index contributed by atoms with van der Waals surface area (Å²) in [5.74, 6) is 0.374. The number of hydrogen-bond acceptors (Lipinski definition) is 5. The number of ether oxygens (including phenoxy) is 1. The number of benzene rings is 1. The van der Waals surface area contributed by atoms with E-state index in [0.717, 1.165) is 0 Å². The van der Waals surface area contributed by atoms with Gasteiger partial charge in [-0.1, -0.05) is 12.1 Å². The Balaban J connectivity index is 2.52. The molecular formula is C11H7ClN4O. The monoisotopic (exact) mass is 246 g/mol. The van der Waals surface area contributed by atoms with Crippen molar-refractivity contribution in [1.82, 2.24) is 15.0 Å². The lowest BCUT2D eigenvalue weighted by molar-refractivity contribution is 0.379. The molecule has 0 saturated heterocycles. The third-order valence-electron chi connectivity index (χ3n) is 2.02. The molecule has 84 valence electrons. The van der Waals surface area contributed by atoms with E-state index < -0.39 is 0 Å². The summed E-state index contributed by atoms with van der Waals surface area (Å²) in [5, 5.41) is 8.86. The number of rotatable bonds is 2. The molecule has 0 saturated carbocycles. The first kappa shape index (κ1) is 11.3. The number of methoxy groups -OCH3 is 1. The normalized spacial score (nSPS) is 9.71. The van der Waals surface area contributed by atoms with Gasteiger partial charge in [-0.25, -0.2) is 0 Å². The highest BCUT2D eigenvalue weighted by Gasteiger charge is 2.07. The number of hydrogen-bond donors (Lipinski definition) is 0. The van der Waals surface area contributed by atoms with E-state index in [2.05, 4.69) is 15.0 Å². The van der Waals surface area contributed by atoms with Crippen LogP contribution in [0.2, 0.25) is 5.28 Å². The van der Waals surface area contributed by atoms with Crippen molar-refractivity contribution in [2.45, 2.75) is 0 Å². The Morgan fingerprint density at radius 3 is 2.82 bits per heavy atom. The quantitative estimate of drug-likeness (QED) is 0.811. The fourth-order valence-electron chi connectivity index (χ4n) is 1.28. The first-order valence-corrected chi connectivity index (χ1v) is 5.07. The predicted molar refractivity (Wildman–Crippen MR) is 61.5 cm³/mol. The van der Waals surface area contributed by atoms with E-state index in [-0.39, 0.29) is 11.3 Å². The molecule has 0 aliphatic heterocycles. The molecule has 2 rings (SSSR count). The number of nitrogens with zero attached hydrogens (tertiary/aromatic N) is 4. The number of aromatic nitrogens is 3. The first-order chi connectivity index (χ1) is 8.22. The molecule has 1 aromatic carbocycles. The van der Waals surface area contributed by atoms with Crippen LogP contribution in [0.4, 0.5) is 0 Å². The molecule has 0 N–H and O–H groups in total. The Kier molecular flexibility index (Phi) is 3.17. The van der Waals surface area contributed by atoms with Crippen molar-refractivity contribution >= 4 is 11.6 Å². The summed E-state index contributed by atoms with van der Waals surface area (Å²) >= 11 is 5.75. The SMILES string of the molecule is COc1nc(Cl)nc(-c2cccc(C#N)c2)n1. The van der Waals surface area contributed by atoms with E-state index in [1.807, 2.05) is 6.07 Å². The molecule has 0 amide bonds. The molecule has 6 heteroatoms. The van der Waals surface area contributed by atoms with Crippen molar-refractivity contribution in [3.8, 4) is 23.5 Å². The summed E-state index contributed by atoms with van der Waals surface area (Å²) in [6.07, 6.45) is 0. The highest BCUT2D eigenvalue weighted by Crippen LogP contribution is 2.19. The van der Waals surface area contributed by atoms with Gasteiger partial charge in [-0.05, 0) is 23.7 Å². The Bertz CT molecular complexity index is 594. The van der Waals surface area contributed by atoms with Crippen molar-refractivity contribution in [2.24, 2.45) is 0 Å². The minimum absolute atomic E-state index is 0.0502. The highest BCUT2D eigenvalue weighted by atomic mass is 35.5. The molecule has 0 unspecified atom stereocenters. The molecule has 0 bridgehead atoms. The fraction of sp³-hybridized carbons (Fsp3) is 0.0909. The fourth-order valence-corrected chi connectivity index (χ4v) is 1.43. The van der Waals surface area contributed by atoms with Crippen LogP contribution in [0.3, 0.4) is 0 Å². The number of halogens is 1. The molecule has 2 aromatic rings. The lowest BCUT2D eigenvalue weighted by Gasteiger charge is -2.03. The van der Waals surface area contributed by atoms with Crippen LogP contribution in [0.25, 0.3) is 11.4 Å². The summed E-state index contributed by atoms with van der Waals surface area (Å²) < 4.78 is 4.90. The largest absolute Gasteiger partial charge is 0.467 e. The van der Waals surface area contributed by atoms with Crippen LogP contribution < -0.4 is 4.74 Å². The zero-order chi connectivity index (χ0) is 12.3. The molecule has 0 radical (unpaired) electrons. The van der Waals surface area contributed by atoms with Crippen LogP contribution in [0, 0.1) is 11.3 Å². The first-order valence-electron chi connectivity index (χ1n) is 4.69. The molecule has 0 fully saturated rings. The highest BCUT2D eigenvalue weighted by molar-refractivity contribution is 6.28. The van der Waals surface area contributed by atoms with E-state index in [0.29, 0.717) is 17.0 Å². The average Bonchev–Trinajstić information content (AvgIpc) is 2.38. The topological polar surface area (TPSA) is 71.7 Å². The second-order valence-corrected chi connectivity index (χ2v) is 3.45. The third-order valence-corrected chi connectivity index (χ3v) is 2.19. The summed E-state index contributed by atoms with van der Waals surface area (Å²) in [4.78, 5) is 11.8. The van der Waals surface area contributed by atoms with Crippen molar-refractivity contribution in [1.29, 1.82) is 5.26 Å². The van der Waals surface area contributed by atoms with Crippen molar-refractivity contribution in [3.63, 3.8) is 0 Å². The third kappa shape index (κ3) is 2.49. The van der Waals surface area contributed by atoms with Crippen molar-refractivity contribution in [2.75, 3.05) is 7.11 Å². The van der Waals surface area contributed by atoms with Crippen molar-refractivity contribution < 1.29 is 4.74 Å². The van der Waals surface area contributed by atoms with Gasteiger partial charge in [0.1, 0.15) is 0 Å². The molecule has 0 aliphatic rings. The van der Waals surface area contributed by atoms with Crippen LogP contribution >= 0.6 is 11.6 Å². The molecule has 0 atom stereocenters. The Morgan fingerprint density at radius 2 is 2.12 bits per heavy atom. The standard InChI is InChI=1S/C11H7ClN4O/c1-17-11-15-9(14-10(12)16-11)8-4-2-3-7(5-8)6-13/h2-5H,1H3. The van der Waals surface area contributed by atoms with Gasteiger partial charge in [-0.3, -0.25) is 0 Å². The van der Waals surface area contributed by atoms with Gasteiger partial charge >= 0.3 is 6.01 Å². The lowest BCUT2D eigenvalue weighted by atomic mass is 10.1. The van der Waals surface area contributed by atoms with Crippen LogP contribution in [-0.4, -0.2) is 22.1 Å². The molecule has 17 heavy (non-hydrogen) atoms. The van der Waals surface area contributed by atoms with E-state index in [1.165, 1.54) is 7.11 Å². The van der Waals surface area contributed by atoms with Gasteiger partial charge in [-0.15, -0.1) is 0 Å². The minimum Gasteiger partial charge on any atom is -0.467 e. The average molecular weight is 247 g/mol. The zero-order valence-corrected chi connectivity index (χ0v) is 9.64. The van der Waals surface area contributed by atoms with Gasteiger partial charge in [0.15, 0.2) is 5.82 Å². The van der Waals surface area contributed by atoms with Gasteiger partial charge in [0.05, 0.1) is 18.7 Å². The second kappa shape index (κ2) is 4.76. The summed E-state index contributed by atoms with van der Waals surface area (Å²) in [5.41, 5.74) is 1.21. The molecular weight excluding hydrogens is 240 g/mol. The summed E-state index contributed by atoms with van der Waals surface area (Å²) in [6.45, 7) is 0. The van der Waals surface area contributed by atoms with Crippen LogP contribution in [0.15, 0.2) is 24.3 Å². The lowest BCUT2D eigenvalue weighted by Crippen LogP contribution is -1.98. The van der Waals surface area contributed by atoms with Crippen LogP contribution in [0.1, 0.15) is 5.56 Å². The second-order valence-electron chi connectivity index (χ2n) is 3.11. The van der Waals surface area contributed by atoms with Gasteiger partial charge < -0.3 is 4.74 Å². The van der Waals surface area contributed by atoms with Crippen LogP contribution in [-0.2, 0) is 0 Å². The molecule has 1 aromatic heterocycles. The van der Waals surface area contributed by atoms with E-state index in [9.17, 15) is 0 Å². The molecule has 0 spiro atoms. The van der Waals surface area contributed by atoms with Gasteiger partial charge in [0, 0.05) is 5.56 Å². The van der Waals surface area contributed by atoms with Gasteiger partial charge in [0.25, 0.3) is 0 Å². The summed E-state index contributed by atoms with van der Waals surface area (Å²) in [6, 6.07) is 9.09. The van der Waals surface area contributed by atoms with E-state index in [4.69, 9.17) is 21.6 Å². The Labute approximate surface area is 103 Å². The smallest absolute Gasteiger partial charge is 0.321 e. The maximum absolute atomic E-state index is 8.81. The number of nitriles is 1. The Hall–Kier alpha value is -2.19.